The summed E-state index contributed by atoms with van der Waals surface area (Å²) >= 11 is 6.47. The van der Waals surface area contributed by atoms with Crippen molar-refractivity contribution < 1.29 is 4.79 Å². The molecule has 5 heteroatoms. The van der Waals surface area contributed by atoms with Gasteiger partial charge in [-0.25, -0.2) is 10.4 Å². The highest BCUT2D eigenvalue weighted by molar-refractivity contribution is 6.35. The fourth-order valence-electron chi connectivity index (χ4n) is 3.93. The summed E-state index contributed by atoms with van der Waals surface area (Å²) in [5.74, 6) is -0.309. The third-order valence-corrected chi connectivity index (χ3v) is 6.49. The van der Waals surface area contributed by atoms with Gasteiger partial charge in [-0.15, -0.1) is 0 Å². The van der Waals surface area contributed by atoms with Gasteiger partial charge in [-0.3, -0.25) is 4.79 Å². The highest BCUT2D eigenvalue weighted by Gasteiger charge is 2.16. The van der Waals surface area contributed by atoms with E-state index in [4.69, 9.17) is 16.6 Å². The Hall–Kier alpha value is -3.50. The summed E-state index contributed by atoms with van der Waals surface area (Å²) in [6, 6.07) is 23.7. The number of rotatable bonds is 5. The minimum atomic E-state index is -0.309. The zero-order chi connectivity index (χ0) is 25.2. The fourth-order valence-corrected chi connectivity index (χ4v) is 4.15. The number of hydrazone groups is 1. The minimum absolute atomic E-state index is 0.0794. The Morgan fingerprint density at radius 2 is 1.69 bits per heavy atom. The van der Waals surface area contributed by atoms with Gasteiger partial charge in [0.15, 0.2) is 0 Å². The van der Waals surface area contributed by atoms with Crippen LogP contribution in [0.4, 0.5) is 0 Å². The molecule has 4 nitrogen and oxygen atoms in total. The molecule has 178 valence electrons. The number of carbonyl (C=O) groups is 1. The van der Waals surface area contributed by atoms with E-state index in [0.29, 0.717) is 27.2 Å². The molecule has 0 aliphatic rings. The van der Waals surface area contributed by atoms with Crippen LogP contribution >= 0.6 is 11.6 Å². The largest absolute Gasteiger partial charge is 0.272 e. The van der Waals surface area contributed by atoms with Crippen LogP contribution in [0.2, 0.25) is 5.02 Å². The van der Waals surface area contributed by atoms with Crippen LogP contribution in [0.3, 0.4) is 0 Å². The number of hydrogen-bond acceptors (Lipinski definition) is 3. The molecule has 0 saturated carbocycles. The second-order valence-electron chi connectivity index (χ2n) is 9.71. The van der Waals surface area contributed by atoms with Crippen LogP contribution in [0.25, 0.3) is 22.2 Å². The number of amides is 1. The molecule has 0 saturated heterocycles. The van der Waals surface area contributed by atoms with Crippen LogP contribution < -0.4 is 5.43 Å². The lowest BCUT2D eigenvalue weighted by Crippen LogP contribution is -2.20. The van der Waals surface area contributed by atoms with Gasteiger partial charge < -0.3 is 0 Å². The minimum Gasteiger partial charge on any atom is -0.267 e. The van der Waals surface area contributed by atoms with Crippen molar-refractivity contribution in [1.82, 2.24) is 10.4 Å². The van der Waals surface area contributed by atoms with Crippen molar-refractivity contribution in [2.24, 2.45) is 5.10 Å². The highest BCUT2D eigenvalue weighted by atomic mass is 35.5. The molecule has 4 rings (SSSR count). The van der Waals surface area contributed by atoms with E-state index in [1.165, 1.54) is 11.1 Å². The molecule has 1 aromatic heterocycles. The van der Waals surface area contributed by atoms with E-state index in [2.05, 4.69) is 62.5 Å². The molecule has 3 aromatic carbocycles. The van der Waals surface area contributed by atoms with Crippen LogP contribution in [-0.4, -0.2) is 16.6 Å². The van der Waals surface area contributed by atoms with Gasteiger partial charge in [0.25, 0.3) is 5.91 Å². The Labute approximate surface area is 212 Å². The second kappa shape index (κ2) is 10.0. The number of carbonyl (C=O) groups excluding carboxylic acids is 1. The van der Waals surface area contributed by atoms with Gasteiger partial charge >= 0.3 is 0 Å². The molecule has 0 unspecified atom stereocenters. The highest BCUT2D eigenvalue weighted by Crippen LogP contribution is 2.29. The number of nitrogens with zero attached hydrogens (tertiary/aromatic N) is 2. The molecule has 1 heterocycles. The van der Waals surface area contributed by atoms with Gasteiger partial charge in [0.1, 0.15) is 0 Å². The molecule has 0 spiro atoms. The Morgan fingerprint density at radius 1 is 1.00 bits per heavy atom. The zero-order valence-electron chi connectivity index (χ0n) is 20.8. The van der Waals surface area contributed by atoms with E-state index in [1.54, 1.807) is 12.1 Å². The van der Waals surface area contributed by atoms with Gasteiger partial charge in [-0.2, -0.15) is 5.10 Å². The van der Waals surface area contributed by atoms with Gasteiger partial charge in [0.05, 0.1) is 27.5 Å². The first-order valence-corrected chi connectivity index (χ1v) is 12.2. The normalized spacial score (nSPS) is 12.1. The predicted molar refractivity (Wildman–Crippen MR) is 146 cm³/mol. The van der Waals surface area contributed by atoms with Crippen molar-refractivity contribution in [3.05, 3.63) is 100 Å². The van der Waals surface area contributed by atoms with E-state index in [9.17, 15) is 4.79 Å². The fraction of sp³-hybridized carbons (Fsp3) is 0.233. The lowest BCUT2D eigenvalue weighted by molar-refractivity contribution is 0.0956. The van der Waals surface area contributed by atoms with Crippen molar-refractivity contribution in [3.8, 4) is 11.3 Å². The van der Waals surface area contributed by atoms with Crippen LogP contribution in [-0.2, 0) is 11.8 Å². The lowest BCUT2D eigenvalue weighted by Gasteiger charge is -2.19. The summed E-state index contributed by atoms with van der Waals surface area (Å²) in [4.78, 5) is 18.1. The third-order valence-electron chi connectivity index (χ3n) is 6.19. The molecule has 0 radical (unpaired) electrons. The smallest absolute Gasteiger partial charge is 0.267 e. The Bertz CT molecular complexity index is 1400. The topological polar surface area (TPSA) is 54.4 Å². The maximum atomic E-state index is 13.3. The second-order valence-corrected chi connectivity index (χ2v) is 10.1. The number of aromatic nitrogens is 1. The predicted octanol–water partition coefficient (Wildman–Crippen LogP) is 7.57. The molecule has 35 heavy (non-hydrogen) atoms. The monoisotopic (exact) mass is 483 g/mol. The molecule has 0 bridgehead atoms. The summed E-state index contributed by atoms with van der Waals surface area (Å²) in [7, 11) is 0. The number of para-hydroxylation sites is 1. The van der Waals surface area contributed by atoms with E-state index >= 15 is 0 Å². The van der Waals surface area contributed by atoms with Crippen molar-refractivity contribution in [2.75, 3.05) is 0 Å². The van der Waals surface area contributed by atoms with Gasteiger partial charge in [-0.1, -0.05) is 100.0 Å². The quantitative estimate of drug-likeness (QED) is 0.235. The standard InChI is InChI=1S/C30H30ClN3O/c1-6-20-10-12-22(13-11-20)27-18-25(24-8-7-9-26(31)28(24)32-27)29(35)34-33-19(2)21-14-16-23(17-15-21)30(3,4)5/h7-18H,6H2,1-5H3,(H,34,35)/b33-19-. The van der Waals surface area contributed by atoms with Gasteiger partial charge in [0.2, 0.25) is 0 Å². The number of nitrogens with one attached hydrogen (secondary N) is 1. The number of hydrogen-bond donors (Lipinski definition) is 1. The van der Waals surface area contributed by atoms with Crippen molar-refractivity contribution >= 4 is 34.1 Å². The number of aryl methyl sites for hydroxylation is 1. The molecule has 1 amide bonds. The summed E-state index contributed by atoms with van der Waals surface area (Å²) in [5, 5.41) is 5.57. The van der Waals surface area contributed by atoms with Crippen LogP contribution in [0, 0.1) is 0 Å². The van der Waals surface area contributed by atoms with E-state index in [0.717, 1.165) is 23.3 Å². The van der Waals surface area contributed by atoms with E-state index < -0.39 is 0 Å². The van der Waals surface area contributed by atoms with Crippen molar-refractivity contribution in [2.45, 2.75) is 46.5 Å². The first-order chi connectivity index (χ1) is 16.7. The van der Waals surface area contributed by atoms with Crippen molar-refractivity contribution in [3.63, 3.8) is 0 Å². The summed E-state index contributed by atoms with van der Waals surface area (Å²) in [5.41, 5.74) is 9.67. The Morgan fingerprint density at radius 3 is 2.31 bits per heavy atom. The molecule has 0 atom stereocenters. The average Bonchev–Trinajstić information content (AvgIpc) is 2.86. The third kappa shape index (κ3) is 5.44. The molecule has 1 N–H and O–H groups in total. The maximum absolute atomic E-state index is 13.3. The lowest BCUT2D eigenvalue weighted by atomic mass is 9.86. The summed E-state index contributed by atoms with van der Waals surface area (Å²) < 4.78 is 0. The summed E-state index contributed by atoms with van der Waals surface area (Å²) in [6.45, 7) is 10.5. The average molecular weight is 484 g/mol. The SMILES string of the molecule is CCc1ccc(-c2cc(C(=O)N/N=C(/C)c3ccc(C(C)(C)C)cc3)c3cccc(Cl)c3n2)cc1. The number of halogens is 1. The first kappa shape index (κ1) is 24.6. The van der Waals surface area contributed by atoms with Crippen LogP contribution in [0.5, 0.6) is 0 Å². The molecule has 0 aliphatic heterocycles. The number of fused-ring (bicyclic) bond motifs is 1. The van der Waals surface area contributed by atoms with Crippen molar-refractivity contribution in [1.29, 1.82) is 0 Å². The van der Waals surface area contributed by atoms with Crippen LogP contribution in [0.15, 0.2) is 77.9 Å². The van der Waals surface area contributed by atoms with E-state index in [1.807, 2.05) is 43.3 Å². The van der Waals surface area contributed by atoms with Crippen LogP contribution in [0.1, 0.15) is 61.7 Å². The Kier molecular flexibility index (Phi) is 7.04. The molecule has 4 aromatic rings. The number of pyridine rings is 1. The van der Waals surface area contributed by atoms with E-state index in [-0.39, 0.29) is 11.3 Å². The maximum Gasteiger partial charge on any atom is 0.272 e. The molecular formula is C30H30ClN3O. The van der Waals surface area contributed by atoms with Gasteiger partial charge in [0, 0.05) is 10.9 Å². The number of benzene rings is 3. The first-order valence-electron chi connectivity index (χ1n) is 11.8. The molecular weight excluding hydrogens is 454 g/mol. The summed E-state index contributed by atoms with van der Waals surface area (Å²) in [6.07, 6.45) is 0.960. The molecule has 0 fully saturated rings. The van der Waals surface area contributed by atoms with Gasteiger partial charge in [-0.05, 0) is 47.6 Å². The Balaban J connectivity index is 1.67. The molecule has 0 aliphatic carbocycles. The zero-order valence-corrected chi connectivity index (χ0v) is 21.6.